The minimum Gasteiger partial charge on any atom is -0.464 e. The molecule has 0 unspecified atom stereocenters. The molecule has 14 heavy (non-hydrogen) atoms. The number of benzene rings is 1. The molecule has 0 aliphatic rings. The normalized spacial score (nSPS) is 11.6. The zero-order chi connectivity index (χ0) is 9.71. The van der Waals surface area contributed by atoms with Crippen molar-refractivity contribution in [3.8, 4) is 0 Å². The first-order valence-electron chi connectivity index (χ1n) is 4.31. The molecule has 0 aliphatic heterocycles. The maximum absolute atomic E-state index is 5.53. The van der Waals surface area contributed by atoms with Crippen molar-refractivity contribution in [3.05, 3.63) is 33.8 Å². The van der Waals surface area contributed by atoms with Crippen LogP contribution in [0, 0.1) is 10.5 Å². The van der Waals surface area contributed by atoms with Crippen LogP contribution in [0.15, 0.2) is 33.5 Å². The molecule has 3 heteroatoms. The van der Waals surface area contributed by atoms with Gasteiger partial charge in [0.25, 0.3) is 0 Å². The minimum atomic E-state index is 0.890. The van der Waals surface area contributed by atoms with E-state index in [1.807, 2.05) is 19.1 Å². The van der Waals surface area contributed by atoms with Crippen LogP contribution in [0.5, 0.6) is 0 Å². The standard InChI is InChI=1S/C11H7IO2/c1-6-4-13-9-3-2-7-8(12)5-14-11(7)10(6)9/h2-5H,1H3. The van der Waals surface area contributed by atoms with Crippen LogP contribution >= 0.6 is 22.6 Å². The topological polar surface area (TPSA) is 26.3 Å². The number of aryl methyl sites for hydroxylation is 1. The summed E-state index contributed by atoms with van der Waals surface area (Å²) < 4.78 is 12.1. The summed E-state index contributed by atoms with van der Waals surface area (Å²) in [4.78, 5) is 0. The summed E-state index contributed by atoms with van der Waals surface area (Å²) in [6.45, 7) is 2.03. The molecule has 0 aliphatic carbocycles. The highest BCUT2D eigenvalue weighted by Crippen LogP contribution is 2.32. The molecule has 0 amide bonds. The van der Waals surface area contributed by atoms with Crippen molar-refractivity contribution in [1.29, 1.82) is 0 Å². The van der Waals surface area contributed by atoms with Gasteiger partial charge < -0.3 is 8.83 Å². The molecule has 1 aromatic carbocycles. The van der Waals surface area contributed by atoms with Gasteiger partial charge in [0.2, 0.25) is 0 Å². The fraction of sp³-hybridized carbons (Fsp3) is 0.0909. The SMILES string of the molecule is Cc1coc2ccc3c(I)coc3c12. The number of hydrogen-bond acceptors (Lipinski definition) is 2. The molecule has 3 rings (SSSR count). The highest BCUT2D eigenvalue weighted by atomic mass is 127. The zero-order valence-electron chi connectivity index (χ0n) is 7.50. The lowest BCUT2D eigenvalue weighted by atomic mass is 10.1. The number of hydrogen-bond donors (Lipinski definition) is 0. The van der Waals surface area contributed by atoms with Gasteiger partial charge in [0, 0.05) is 5.39 Å². The first kappa shape index (κ1) is 8.35. The molecular weight excluding hydrogens is 291 g/mol. The van der Waals surface area contributed by atoms with E-state index in [1.165, 1.54) is 0 Å². The van der Waals surface area contributed by atoms with Crippen molar-refractivity contribution in [2.75, 3.05) is 0 Å². The molecule has 3 aromatic rings. The van der Waals surface area contributed by atoms with Crippen LogP contribution in [-0.2, 0) is 0 Å². The van der Waals surface area contributed by atoms with Gasteiger partial charge in [-0.3, -0.25) is 0 Å². The molecule has 0 saturated heterocycles. The third-order valence-electron chi connectivity index (χ3n) is 2.41. The molecule has 0 bridgehead atoms. The van der Waals surface area contributed by atoms with Crippen molar-refractivity contribution in [3.63, 3.8) is 0 Å². The van der Waals surface area contributed by atoms with Gasteiger partial charge in [0.05, 0.1) is 15.2 Å². The molecule has 0 N–H and O–H groups in total. The summed E-state index contributed by atoms with van der Waals surface area (Å²) in [6, 6.07) is 4.02. The number of fused-ring (bicyclic) bond motifs is 3. The summed E-state index contributed by atoms with van der Waals surface area (Å²) in [5.41, 5.74) is 2.94. The van der Waals surface area contributed by atoms with E-state index >= 15 is 0 Å². The van der Waals surface area contributed by atoms with Gasteiger partial charge in [-0.05, 0) is 47.2 Å². The van der Waals surface area contributed by atoms with Gasteiger partial charge in [-0.25, -0.2) is 0 Å². The van der Waals surface area contributed by atoms with Crippen LogP contribution < -0.4 is 0 Å². The van der Waals surface area contributed by atoms with E-state index in [0.717, 1.165) is 31.1 Å². The molecule has 0 radical (unpaired) electrons. The third kappa shape index (κ3) is 0.958. The maximum atomic E-state index is 5.53. The van der Waals surface area contributed by atoms with E-state index in [-0.39, 0.29) is 0 Å². The summed E-state index contributed by atoms with van der Waals surface area (Å²) in [5.74, 6) is 0. The van der Waals surface area contributed by atoms with Crippen molar-refractivity contribution < 1.29 is 8.83 Å². The van der Waals surface area contributed by atoms with Crippen LogP contribution in [0.2, 0.25) is 0 Å². The van der Waals surface area contributed by atoms with Crippen LogP contribution in [0.4, 0.5) is 0 Å². The molecule has 0 fully saturated rings. The Morgan fingerprint density at radius 3 is 2.86 bits per heavy atom. The molecule has 0 saturated carbocycles. The second kappa shape index (κ2) is 2.76. The molecule has 0 spiro atoms. The zero-order valence-corrected chi connectivity index (χ0v) is 9.66. The summed E-state index contributed by atoms with van der Waals surface area (Å²) in [5, 5.41) is 2.24. The first-order valence-corrected chi connectivity index (χ1v) is 5.39. The van der Waals surface area contributed by atoms with Crippen molar-refractivity contribution in [2.24, 2.45) is 0 Å². The average molecular weight is 298 g/mol. The average Bonchev–Trinajstić information content (AvgIpc) is 2.72. The second-order valence-electron chi connectivity index (χ2n) is 3.32. The van der Waals surface area contributed by atoms with Crippen LogP contribution in [0.1, 0.15) is 5.56 Å². The highest BCUT2D eigenvalue weighted by molar-refractivity contribution is 14.1. The van der Waals surface area contributed by atoms with E-state index in [4.69, 9.17) is 8.83 Å². The van der Waals surface area contributed by atoms with Gasteiger partial charge >= 0.3 is 0 Å². The van der Waals surface area contributed by atoms with Gasteiger partial charge in [0.1, 0.15) is 17.4 Å². The van der Waals surface area contributed by atoms with Crippen LogP contribution in [0.25, 0.3) is 21.9 Å². The Morgan fingerprint density at radius 1 is 1.14 bits per heavy atom. The van der Waals surface area contributed by atoms with Gasteiger partial charge in [-0.15, -0.1) is 0 Å². The molecular formula is C11H7IO2. The monoisotopic (exact) mass is 298 g/mol. The maximum Gasteiger partial charge on any atom is 0.146 e. The van der Waals surface area contributed by atoms with Crippen molar-refractivity contribution >= 4 is 44.5 Å². The first-order chi connectivity index (χ1) is 6.77. The van der Waals surface area contributed by atoms with Gasteiger partial charge in [-0.1, -0.05) is 0 Å². The largest absolute Gasteiger partial charge is 0.464 e. The number of halogens is 1. The molecule has 2 heterocycles. The highest BCUT2D eigenvalue weighted by Gasteiger charge is 2.11. The van der Waals surface area contributed by atoms with E-state index in [9.17, 15) is 0 Å². The van der Waals surface area contributed by atoms with Crippen molar-refractivity contribution in [2.45, 2.75) is 6.92 Å². The Bertz CT molecular complexity index is 619. The van der Waals surface area contributed by atoms with E-state index < -0.39 is 0 Å². The number of rotatable bonds is 0. The predicted molar refractivity (Wildman–Crippen MR) is 63.4 cm³/mol. The molecule has 0 atom stereocenters. The van der Waals surface area contributed by atoms with Crippen molar-refractivity contribution in [1.82, 2.24) is 0 Å². The molecule has 2 nitrogen and oxygen atoms in total. The second-order valence-corrected chi connectivity index (χ2v) is 4.48. The van der Waals surface area contributed by atoms with Crippen LogP contribution in [-0.4, -0.2) is 0 Å². The lowest BCUT2D eigenvalue weighted by molar-refractivity contribution is 0.609. The Kier molecular flexibility index (Phi) is 1.65. The Hall–Kier alpha value is -0.970. The summed E-state index contributed by atoms with van der Waals surface area (Å²) in [7, 11) is 0. The molecule has 2 aromatic heterocycles. The Balaban J connectivity index is 2.66. The van der Waals surface area contributed by atoms with E-state index in [1.54, 1.807) is 12.5 Å². The lowest BCUT2D eigenvalue weighted by Crippen LogP contribution is -1.71. The minimum absolute atomic E-state index is 0.890. The van der Waals surface area contributed by atoms with Crippen LogP contribution in [0.3, 0.4) is 0 Å². The van der Waals surface area contributed by atoms with Gasteiger partial charge in [-0.2, -0.15) is 0 Å². The predicted octanol–water partition coefficient (Wildman–Crippen LogP) is 4.09. The van der Waals surface area contributed by atoms with E-state index in [0.29, 0.717) is 0 Å². The molecule has 70 valence electrons. The quantitative estimate of drug-likeness (QED) is 0.584. The fourth-order valence-corrected chi connectivity index (χ4v) is 2.28. The Labute approximate surface area is 94.0 Å². The van der Waals surface area contributed by atoms with Gasteiger partial charge in [0.15, 0.2) is 0 Å². The smallest absolute Gasteiger partial charge is 0.146 e. The fourth-order valence-electron chi connectivity index (χ4n) is 1.73. The Morgan fingerprint density at radius 2 is 2.00 bits per heavy atom. The number of furan rings is 2. The summed E-state index contributed by atoms with van der Waals surface area (Å²) in [6.07, 6.45) is 3.54. The third-order valence-corrected chi connectivity index (χ3v) is 3.25. The van der Waals surface area contributed by atoms with E-state index in [2.05, 4.69) is 22.6 Å². The summed E-state index contributed by atoms with van der Waals surface area (Å²) >= 11 is 2.27. The lowest BCUT2D eigenvalue weighted by Gasteiger charge is -1.91.